The molecule has 2 aromatic heterocycles. The summed E-state index contributed by atoms with van der Waals surface area (Å²) in [6.07, 6.45) is 6.04. The average Bonchev–Trinajstić information content (AvgIpc) is 3.39. The second-order valence-corrected chi connectivity index (χ2v) is 9.29. The quantitative estimate of drug-likeness (QED) is 0.380. The fourth-order valence-electron chi connectivity index (χ4n) is 4.21. The number of carbonyl (C=O) groups excluding carboxylic acids is 1. The van der Waals surface area contributed by atoms with Gasteiger partial charge in [-0.25, -0.2) is 14.4 Å². The number of aromatic nitrogens is 3. The van der Waals surface area contributed by atoms with Crippen LogP contribution < -0.4 is 5.32 Å². The predicted octanol–water partition coefficient (Wildman–Crippen LogP) is 5.58. The number of amides is 1. The zero-order chi connectivity index (χ0) is 26.0. The Balaban J connectivity index is 1.42. The van der Waals surface area contributed by atoms with Crippen LogP contribution in [0.1, 0.15) is 46.7 Å². The summed E-state index contributed by atoms with van der Waals surface area (Å²) < 4.78 is 14.7. The molecule has 1 N–H and O–H groups in total. The first-order chi connectivity index (χ1) is 17.9. The van der Waals surface area contributed by atoms with Gasteiger partial charge in [-0.05, 0) is 61.4 Å². The van der Waals surface area contributed by atoms with Crippen LogP contribution in [0.15, 0.2) is 72.1 Å². The number of rotatable bonds is 6. The van der Waals surface area contributed by atoms with Gasteiger partial charge in [-0.15, -0.1) is 0 Å². The fraction of sp³-hybridized carbons (Fsp3) is 0.172. The van der Waals surface area contributed by atoms with Crippen molar-refractivity contribution in [1.82, 2.24) is 15.0 Å². The van der Waals surface area contributed by atoms with Crippen molar-refractivity contribution < 1.29 is 9.18 Å². The number of hydrogen-bond acceptors (Lipinski definition) is 6. The number of halogens is 1. The van der Waals surface area contributed by atoms with Gasteiger partial charge >= 0.3 is 0 Å². The number of aliphatic imine (C=N–C) groups is 1. The lowest BCUT2D eigenvalue weighted by Crippen LogP contribution is -2.17. The van der Waals surface area contributed by atoms with Crippen LogP contribution in [-0.2, 0) is 18.3 Å². The van der Waals surface area contributed by atoms with Crippen LogP contribution in [0.4, 0.5) is 15.8 Å². The van der Waals surface area contributed by atoms with Crippen LogP contribution in [0.2, 0.25) is 0 Å². The maximum Gasteiger partial charge on any atom is 0.258 e. The lowest BCUT2D eigenvalue weighted by molar-refractivity contribution is 0.102. The third kappa shape index (κ3) is 4.84. The number of carbonyl (C=O) groups is 1. The van der Waals surface area contributed by atoms with E-state index in [1.54, 1.807) is 50.5 Å². The van der Waals surface area contributed by atoms with E-state index in [0.717, 1.165) is 33.8 Å². The highest BCUT2D eigenvalue weighted by molar-refractivity contribution is 6.04. The third-order valence-corrected chi connectivity index (χ3v) is 6.32. The molecule has 0 unspecified atom stereocenters. The summed E-state index contributed by atoms with van der Waals surface area (Å²) in [5.74, 6) is -1.20. The molecule has 4 aromatic rings. The monoisotopic (exact) mass is 490 g/mol. The van der Waals surface area contributed by atoms with Gasteiger partial charge in [-0.2, -0.15) is 5.26 Å². The molecule has 1 aliphatic heterocycles. The molecule has 2 aromatic carbocycles. The van der Waals surface area contributed by atoms with Crippen molar-refractivity contribution in [2.24, 2.45) is 4.99 Å². The lowest BCUT2D eigenvalue weighted by atomic mass is 9.86. The Bertz CT molecular complexity index is 1590. The number of pyridine rings is 1. The van der Waals surface area contributed by atoms with Crippen molar-refractivity contribution in [3.8, 4) is 17.3 Å². The number of benzene rings is 2. The summed E-state index contributed by atoms with van der Waals surface area (Å²) in [5.41, 5.74) is 5.00. The third-order valence-electron chi connectivity index (χ3n) is 6.32. The zero-order valence-corrected chi connectivity index (χ0v) is 20.4. The Labute approximate surface area is 213 Å². The summed E-state index contributed by atoms with van der Waals surface area (Å²) >= 11 is 0. The molecule has 0 saturated heterocycles. The zero-order valence-electron chi connectivity index (χ0n) is 20.4. The number of nitriles is 1. The molecular formula is C29H23FN6O. The van der Waals surface area contributed by atoms with E-state index in [-0.39, 0.29) is 5.56 Å². The number of nitrogens with one attached hydrogen (secondary N) is 1. The molecule has 7 nitrogen and oxygen atoms in total. The fourth-order valence-corrected chi connectivity index (χ4v) is 4.21. The SMILES string of the molecule is CC(C)(C#N)c1cccc(NC(=O)c2cc(Cc3ncccc3-c3ncnc4c3N=CC4)ccc2F)c1. The van der Waals surface area contributed by atoms with Gasteiger partial charge in [-0.3, -0.25) is 14.8 Å². The van der Waals surface area contributed by atoms with Gasteiger partial charge in [0.05, 0.1) is 28.4 Å². The van der Waals surface area contributed by atoms with Crippen LogP contribution in [-0.4, -0.2) is 27.1 Å². The highest BCUT2D eigenvalue weighted by Gasteiger charge is 2.21. The normalized spacial score (nSPS) is 12.2. The van der Waals surface area contributed by atoms with Crippen molar-refractivity contribution in [2.75, 3.05) is 5.32 Å². The lowest BCUT2D eigenvalue weighted by Gasteiger charge is -2.17. The minimum absolute atomic E-state index is 0.0764. The second kappa shape index (κ2) is 9.70. The number of anilines is 1. The summed E-state index contributed by atoms with van der Waals surface area (Å²) in [6.45, 7) is 3.59. The largest absolute Gasteiger partial charge is 0.322 e. The van der Waals surface area contributed by atoms with Crippen LogP contribution in [0.25, 0.3) is 11.3 Å². The van der Waals surface area contributed by atoms with E-state index in [1.165, 1.54) is 18.5 Å². The van der Waals surface area contributed by atoms with Crippen molar-refractivity contribution in [3.63, 3.8) is 0 Å². The van der Waals surface area contributed by atoms with Gasteiger partial charge in [0, 0.05) is 36.5 Å². The van der Waals surface area contributed by atoms with Gasteiger partial charge in [0.25, 0.3) is 5.91 Å². The highest BCUT2D eigenvalue weighted by Crippen LogP contribution is 2.35. The Morgan fingerprint density at radius 1 is 1.11 bits per heavy atom. The number of hydrogen-bond donors (Lipinski definition) is 1. The molecule has 0 aliphatic carbocycles. The maximum absolute atomic E-state index is 14.7. The van der Waals surface area contributed by atoms with Crippen molar-refractivity contribution in [2.45, 2.75) is 32.1 Å². The van der Waals surface area contributed by atoms with E-state index in [9.17, 15) is 14.4 Å². The molecule has 1 amide bonds. The van der Waals surface area contributed by atoms with E-state index in [1.807, 2.05) is 18.2 Å². The molecule has 182 valence electrons. The topological polar surface area (TPSA) is 104 Å². The van der Waals surface area contributed by atoms with Crippen LogP contribution in [0.5, 0.6) is 0 Å². The molecule has 0 fully saturated rings. The standard InChI is InChI=1S/C29H23FN6O/c1-29(2,16-31)19-5-3-6-20(15-19)36-28(37)22-13-18(8-9-23(22)30)14-25-21(7-4-11-32-25)26-27-24(10-12-33-27)34-17-35-26/h3-9,11-13,15,17H,10,14H2,1-2H3,(H,36,37). The molecule has 5 rings (SSSR count). The van der Waals surface area contributed by atoms with Crippen LogP contribution in [0.3, 0.4) is 0 Å². The molecule has 0 atom stereocenters. The van der Waals surface area contributed by atoms with E-state index in [0.29, 0.717) is 24.2 Å². The maximum atomic E-state index is 14.7. The van der Waals surface area contributed by atoms with Gasteiger partial charge < -0.3 is 5.32 Å². The van der Waals surface area contributed by atoms with Gasteiger partial charge in [0.15, 0.2) is 0 Å². The molecule has 0 spiro atoms. The van der Waals surface area contributed by atoms with Crippen molar-refractivity contribution in [1.29, 1.82) is 5.26 Å². The number of nitrogens with zero attached hydrogens (tertiary/aromatic N) is 5. The van der Waals surface area contributed by atoms with E-state index in [4.69, 9.17) is 0 Å². The molecule has 3 heterocycles. The number of fused-ring (bicyclic) bond motifs is 1. The molecular weight excluding hydrogens is 467 g/mol. The average molecular weight is 491 g/mol. The van der Waals surface area contributed by atoms with Gasteiger partial charge in [0.1, 0.15) is 23.5 Å². The molecule has 0 radical (unpaired) electrons. The summed E-state index contributed by atoms with van der Waals surface area (Å²) in [7, 11) is 0. The second-order valence-electron chi connectivity index (χ2n) is 9.29. The highest BCUT2D eigenvalue weighted by atomic mass is 19.1. The predicted molar refractivity (Wildman–Crippen MR) is 139 cm³/mol. The summed E-state index contributed by atoms with van der Waals surface area (Å²) in [6, 6.07) is 17.5. The van der Waals surface area contributed by atoms with Crippen LogP contribution >= 0.6 is 0 Å². The van der Waals surface area contributed by atoms with E-state index >= 15 is 0 Å². The van der Waals surface area contributed by atoms with Gasteiger partial charge in [0.2, 0.25) is 0 Å². The molecule has 37 heavy (non-hydrogen) atoms. The Morgan fingerprint density at radius 2 is 1.97 bits per heavy atom. The first-order valence-electron chi connectivity index (χ1n) is 11.8. The molecule has 8 heteroatoms. The summed E-state index contributed by atoms with van der Waals surface area (Å²) in [5, 5.41) is 12.2. The smallest absolute Gasteiger partial charge is 0.258 e. The Kier molecular flexibility index (Phi) is 6.28. The van der Waals surface area contributed by atoms with Crippen molar-refractivity contribution in [3.05, 3.63) is 101 Å². The van der Waals surface area contributed by atoms with Crippen LogP contribution in [0, 0.1) is 17.1 Å². The minimum atomic E-state index is -0.721. The molecule has 0 bridgehead atoms. The van der Waals surface area contributed by atoms with Crippen molar-refractivity contribution >= 4 is 23.5 Å². The Morgan fingerprint density at radius 3 is 2.81 bits per heavy atom. The first-order valence-corrected chi connectivity index (χ1v) is 11.8. The minimum Gasteiger partial charge on any atom is -0.322 e. The van der Waals surface area contributed by atoms with E-state index < -0.39 is 17.1 Å². The van der Waals surface area contributed by atoms with E-state index in [2.05, 4.69) is 31.3 Å². The first kappa shape index (κ1) is 23.9. The molecule has 1 aliphatic rings. The summed E-state index contributed by atoms with van der Waals surface area (Å²) in [4.78, 5) is 30.8. The Hall–Kier alpha value is -4.77. The molecule has 0 saturated carbocycles. The van der Waals surface area contributed by atoms with Gasteiger partial charge in [-0.1, -0.05) is 18.2 Å².